The van der Waals surface area contributed by atoms with Crippen LogP contribution in [-0.4, -0.2) is 28.2 Å². The molecule has 0 unspecified atom stereocenters. The lowest BCUT2D eigenvalue weighted by Gasteiger charge is -2.16. The Kier molecular flexibility index (Phi) is 3.65. The first kappa shape index (κ1) is 12.2. The van der Waals surface area contributed by atoms with Crippen LogP contribution in [0.3, 0.4) is 0 Å². The molecule has 0 fully saturated rings. The summed E-state index contributed by atoms with van der Waals surface area (Å²) in [6.07, 6.45) is 0. The second-order valence-corrected chi connectivity index (χ2v) is 3.87. The number of carbonyl (C=O) groups is 2. The lowest BCUT2D eigenvalue weighted by Crippen LogP contribution is -2.44. The van der Waals surface area contributed by atoms with Gasteiger partial charge in [-0.25, -0.2) is 4.79 Å². The second-order valence-electron chi connectivity index (χ2n) is 3.87. The first-order chi connectivity index (χ1) is 7.41. The monoisotopic (exact) mass is 226 g/mol. The summed E-state index contributed by atoms with van der Waals surface area (Å²) in [5.41, 5.74) is 0.571. The molecule has 0 aliphatic heterocycles. The molecule has 0 saturated heterocycles. The van der Waals surface area contributed by atoms with Crippen molar-refractivity contribution in [3.8, 4) is 0 Å². The summed E-state index contributed by atoms with van der Waals surface area (Å²) in [7, 11) is 0. The fourth-order valence-corrected chi connectivity index (χ4v) is 1.20. The van der Waals surface area contributed by atoms with Gasteiger partial charge in [0, 0.05) is 6.07 Å². The highest BCUT2D eigenvalue weighted by atomic mass is 16.5. The number of nitrogens with zero attached hydrogens (tertiary/aromatic N) is 1. The molecule has 1 aromatic heterocycles. The molecule has 0 spiro atoms. The molecule has 0 aliphatic rings. The molecule has 16 heavy (non-hydrogen) atoms. The Hall–Kier alpha value is -1.85. The van der Waals surface area contributed by atoms with Gasteiger partial charge in [-0.05, 0) is 12.8 Å². The second kappa shape index (κ2) is 4.78. The average molecular weight is 226 g/mol. The van der Waals surface area contributed by atoms with Crippen LogP contribution in [-0.2, 0) is 4.79 Å². The zero-order valence-corrected chi connectivity index (χ0v) is 9.35. The number of aryl methyl sites for hydroxylation is 1. The predicted molar refractivity (Wildman–Crippen MR) is 55.0 cm³/mol. The van der Waals surface area contributed by atoms with Crippen LogP contribution >= 0.6 is 0 Å². The summed E-state index contributed by atoms with van der Waals surface area (Å²) < 4.78 is 4.73. The Balaban J connectivity index is 2.73. The fourth-order valence-electron chi connectivity index (χ4n) is 1.20. The maximum absolute atomic E-state index is 11.6. The normalized spacial score (nSPS) is 12.5. The molecule has 88 valence electrons. The van der Waals surface area contributed by atoms with Gasteiger partial charge in [-0.15, -0.1) is 0 Å². The SMILES string of the molecule is Cc1cc(C(=O)N[C@@H](C(=O)O)C(C)C)on1. The van der Waals surface area contributed by atoms with Crippen LogP contribution in [0.4, 0.5) is 0 Å². The van der Waals surface area contributed by atoms with Gasteiger partial charge in [-0.3, -0.25) is 4.79 Å². The molecular weight excluding hydrogens is 212 g/mol. The maximum atomic E-state index is 11.6. The standard InChI is InChI=1S/C10H14N2O4/c1-5(2)8(10(14)15)11-9(13)7-4-6(3)12-16-7/h4-5,8H,1-3H3,(H,11,13)(H,14,15)/t8-/m1/s1. The molecule has 0 aliphatic carbocycles. The van der Waals surface area contributed by atoms with Gasteiger partial charge in [0.05, 0.1) is 5.69 Å². The van der Waals surface area contributed by atoms with E-state index >= 15 is 0 Å². The summed E-state index contributed by atoms with van der Waals surface area (Å²) in [6, 6.07) is 0.520. The minimum atomic E-state index is -1.07. The van der Waals surface area contributed by atoms with Gasteiger partial charge in [0.25, 0.3) is 5.91 Å². The van der Waals surface area contributed by atoms with Gasteiger partial charge >= 0.3 is 5.97 Å². The fraction of sp³-hybridized carbons (Fsp3) is 0.500. The van der Waals surface area contributed by atoms with Gasteiger partial charge in [-0.1, -0.05) is 19.0 Å². The van der Waals surface area contributed by atoms with E-state index in [4.69, 9.17) is 9.63 Å². The summed E-state index contributed by atoms with van der Waals surface area (Å²) in [6.45, 7) is 5.10. The van der Waals surface area contributed by atoms with Crippen molar-refractivity contribution in [2.24, 2.45) is 5.92 Å². The van der Waals surface area contributed by atoms with Gasteiger partial charge < -0.3 is 14.9 Å². The summed E-state index contributed by atoms with van der Waals surface area (Å²) in [4.78, 5) is 22.4. The van der Waals surface area contributed by atoms with Crippen LogP contribution in [0, 0.1) is 12.8 Å². The first-order valence-corrected chi connectivity index (χ1v) is 4.88. The quantitative estimate of drug-likeness (QED) is 0.792. The van der Waals surface area contributed by atoms with E-state index in [1.807, 2.05) is 0 Å². The molecule has 1 heterocycles. The average Bonchev–Trinajstić information content (AvgIpc) is 2.59. The van der Waals surface area contributed by atoms with E-state index in [-0.39, 0.29) is 11.7 Å². The van der Waals surface area contributed by atoms with Crippen LogP contribution in [0.25, 0.3) is 0 Å². The summed E-state index contributed by atoms with van der Waals surface area (Å²) >= 11 is 0. The number of carbonyl (C=O) groups excluding carboxylic acids is 1. The van der Waals surface area contributed by atoms with E-state index in [0.29, 0.717) is 5.69 Å². The van der Waals surface area contributed by atoms with E-state index in [2.05, 4.69) is 10.5 Å². The zero-order chi connectivity index (χ0) is 12.3. The molecule has 1 atom stereocenters. The molecular formula is C10H14N2O4. The number of hydrogen-bond acceptors (Lipinski definition) is 4. The number of hydrogen-bond donors (Lipinski definition) is 2. The van der Waals surface area contributed by atoms with Crippen molar-refractivity contribution in [2.75, 3.05) is 0 Å². The smallest absolute Gasteiger partial charge is 0.326 e. The van der Waals surface area contributed by atoms with Crippen LogP contribution in [0.2, 0.25) is 0 Å². The van der Waals surface area contributed by atoms with Crippen molar-refractivity contribution < 1.29 is 19.2 Å². The first-order valence-electron chi connectivity index (χ1n) is 4.88. The number of aliphatic carboxylic acids is 1. The molecule has 0 aromatic carbocycles. The van der Waals surface area contributed by atoms with Gasteiger partial charge in [0.15, 0.2) is 0 Å². The number of carboxylic acids is 1. The number of nitrogens with one attached hydrogen (secondary N) is 1. The minimum Gasteiger partial charge on any atom is -0.480 e. The molecule has 1 aromatic rings. The lowest BCUT2D eigenvalue weighted by molar-refractivity contribution is -0.140. The van der Waals surface area contributed by atoms with E-state index in [1.54, 1.807) is 20.8 Å². The highest BCUT2D eigenvalue weighted by molar-refractivity contribution is 5.94. The highest BCUT2D eigenvalue weighted by Gasteiger charge is 2.25. The van der Waals surface area contributed by atoms with E-state index in [9.17, 15) is 9.59 Å². The molecule has 1 amide bonds. The van der Waals surface area contributed by atoms with Crippen LogP contribution < -0.4 is 5.32 Å². The number of carboxylic acid groups (broad SMARTS) is 1. The Bertz CT molecular complexity index is 397. The number of rotatable bonds is 4. The molecule has 1 rings (SSSR count). The van der Waals surface area contributed by atoms with Crippen molar-refractivity contribution in [2.45, 2.75) is 26.8 Å². The summed E-state index contributed by atoms with van der Waals surface area (Å²) in [5, 5.41) is 14.8. The Morgan fingerprint density at radius 2 is 2.12 bits per heavy atom. The van der Waals surface area contributed by atoms with Crippen LogP contribution in [0.15, 0.2) is 10.6 Å². The molecule has 0 radical (unpaired) electrons. The van der Waals surface area contributed by atoms with Crippen molar-refractivity contribution in [1.82, 2.24) is 10.5 Å². The molecule has 0 bridgehead atoms. The van der Waals surface area contributed by atoms with Gasteiger partial charge in [-0.2, -0.15) is 0 Å². The molecule has 6 nitrogen and oxygen atoms in total. The minimum absolute atomic E-state index is 0.0180. The van der Waals surface area contributed by atoms with Crippen molar-refractivity contribution in [3.63, 3.8) is 0 Å². The Morgan fingerprint density at radius 1 is 1.50 bits per heavy atom. The lowest BCUT2D eigenvalue weighted by atomic mass is 10.0. The third-order valence-electron chi connectivity index (χ3n) is 2.07. The topological polar surface area (TPSA) is 92.4 Å². The number of amides is 1. The van der Waals surface area contributed by atoms with E-state index in [0.717, 1.165) is 0 Å². The van der Waals surface area contributed by atoms with E-state index in [1.165, 1.54) is 6.07 Å². The van der Waals surface area contributed by atoms with Crippen molar-refractivity contribution >= 4 is 11.9 Å². The third-order valence-corrected chi connectivity index (χ3v) is 2.07. The largest absolute Gasteiger partial charge is 0.480 e. The Morgan fingerprint density at radius 3 is 2.50 bits per heavy atom. The highest BCUT2D eigenvalue weighted by Crippen LogP contribution is 2.06. The van der Waals surface area contributed by atoms with Gasteiger partial charge in [0.2, 0.25) is 5.76 Å². The molecule has 0 saturated carbocycles. The Labute approximate surface area is 92.6 Å². The van der Waals surface area contributed by atoms with Crippen molar-refractivity contribution in [1.29, 1.82) is 0 Å². The van der Waals surface area contributed by atoms with E-state index < -0.39 is 17.9 Å². The van der Waals surface area contributed by atoms with Crippen LogP contribution in [0.5, 0.6) is 0 Å². The zero-order valence-electron chi connectivity index (χ0n) is 9.35. The predicted octanol–water partition coefficient (Wildman–Crippen LogP) is 0.822. The van der Waals surface area contributed by atoms with Gasteiger partial charge in [0.1, 0.15) is 6.04 Å². The molecule has 6 heteroatoms. The maximum Gasteiger partial charge on any atom is 0.326 e. The third kappa shape index (κ3) is 2.82. The molecule has 2 N–H and O–H groups in total. The van der Waals surface area contributed by atoms with Crippen molar-refractivity contribution in [3.05, 3.63) is 17.5 Å². The number of aromatic nitrogens is 1. The van der Waals surface area contributed by atoms with Crippen LogP contribution in [0.1, 0.15) is 30.1 Å². The summed E-state index contributed by atoms with van der Waals surface area (Å²) in [5.74, 6) is -1.82.